The molecule has 0 N–H and O–H groups in total. The lowest BCUT2D eigenvalue weighted by Crippen LogP contribution is -1.96. The summed E-state index contributed by atoms with van der Waals surface area (Å²) in [5, 5.41) is 0. The third kappa shape index (κ3) is 6.85. The molecule has 19 heavy (non-hydrogen) atoms. The smallest absolute Gasteiger partial charge is 0.125 e. The average Bonchev–Trinajstić information content (AvgIpc) is 2.47. The van der Waals surface area contributed by atoms with Crippen LogP contribution in [0.2, 0.25) is 0 Å². The number of ether oxygens (including phenoxy) is 2. The Hall–Kier alpha value is -1.51. The number of benzene rings is 1. The second kappa shape index (κ2) is 11.6. The van der Waals surface area contributed by atoms with Gasteiger partial charge in [-0.1, -0.05) is 32.8 Å². The SMILES string of the molecule is CCC=O.CCCCCc1c(OC)cccc1OC. The first kappa shape index (κ1) is 17.5. The second-order valence-electron chi connectivity index (χ2n) is 4.17. The van der Waals surface area contributed by atoms with Crippen molar-refractivity contribution < 1.29 is 14.3 Å². The quantitative estimate of drug-likeness (QED) is 0.552. The van der Waals surface area contributed by atoms with Gasteiger partial charge in [-0.2, -0.15) is 0 Å². The Kier molecular flexibility index (Phi) is 10.7. The van der Waals surface area contributed by atoms with Gasteiger partial charge in [-0.05, 0) is 25.0 Å². The van der Waals surface area contributed by atoms with Crippen molar-refractivity contribution >= 4 is 6.29 Å². The summed E-state index contributed by atoms with van der Waals surface area (Å²) in [6, 6.07) is 5.94. The van der Waals surface area contributed by atoms with E-state index in [0.29, 0.717) is 6.42 Å². The van der Waals surface area contributed by atoms with E-state index in [9.17, 15) is 4.79 Å². The number of carbonyl (C=O) groups excluding carboxylic acids is 1. The van der Waals surface area contributed by atoms with E-state index in [-0.39, 0.29) is 0 Å². The molecule has 0 amide bonds. The van der Waals surface area contributed by atoms with Crippen molar-refractivity contribution in [2.45, 2.75) is 46.0 Å². The van der Waals surface area contributed by atoms with E-state index < -0.39 is 0 Å². The molecule has 0 unspecified atom stereocenters. The first-order valence-electron chi connectivity index (χ1n) is 6.88. The minimum absolute atomic E-state index is 0.639. The van der Waals surface area contributed by atoms with E-state index in [2.05, 4.69) is 6.92 Å². The molecule has 0 aliphatic heterocycles. The molecule has 0 fully saturated rings. The highest BCUT2D eigenvalue weighted by molar-refractivity contribution is 5.48. The highest BCUT2D eigenvalue weighted by Gasteiger charge is 2.08. The fraction of sp³-hybridized carbons (Fsp3) is 0.562. The lowest BCUT2D eigenvalue weighted by atomic mass is 10.1. The Morgan fingerprint density at radius 3 is 1.95 bits per heavy atom. The molecule has 1 aromatic rings. The zero-order valence-electron chi connectivity index (χ0n) is 12.6. The van der Waals surface area contributed by atoms with Crippen molar-refractivity contribution in [2.75, 3.05) is 14.2 Å². The third-order valence-electron chi connectivity index (χ3n) is 2.73. The number of rotatable bonds is 7. The molecule has 3 nitrogen and oxygen atoms in total. The van der Waals surface area contributed by atoms with E-state index in [4.69, 9.17) is 9.47 Å². The molecule has 3 heteroatoms. The predicted molar refractivity (Wildman–Crippen MR) is 79.1 cm³/mol. The molecule has 0 bridgehead atoms. The van der Waals surface area contributed by atoms with Crippen molar-refractivity contribution in [1.82, 2.24) is 0 Å². The highest BCUT2D eigenvalue weighted by Crippen LogP contribution is 2.29. The maximum atomic E-state index is 9.17. The Bertz CT molecular complexity index is 326. The summed E-state index contributed by atoms with van der Waals surface area (Å²) in [7, 11) is 3.41. The molecular formula is C16H26O3. The van der Waals surface area contributed by atoms with Gasteiger partial charge in [-0.15, -0.1) is 0 Å². The number of hydrogen-bond acceptors (Lipinski definition) is 3. The van der Waals surface area contributed by atoms with Crippen LogP contribution in [-0.4, -0.2) is 20.5 Å². The van der Waals surface area contributed by atoms with Crippen LogP contribution in [-0.2, 0) is 11.2 Å². The standard InChI is InChI=1S/C13H20O2.C3H6O/c1-4-5-6-8-11-12(14-2)9-7-10-13(11)15-3;1-2-3-4/h7,9-10H,4-6,8H2,1-3H3;3H,2H2,1H3. The first-order valence-corrected chi connectivity index (χ1v) is 6.88. The Morgan fingerprint density at radius 2 is 1.58 bits per heavy atom. The lowest BCUT2D eigenvalue weighted by Gasteiger charge is -2.12. The summed E-state index contributed by atoms with van der Waals surface area (Å²) < 4.78 is 10.7. The maximum Gasteiger partial charge on any atom is 0.125 e. The summed E-state index contributed by atoms with van der Waals surface area (Å²) in [4.78, 5) is 9.17. The Morgan fingerprint density at radius 1 is 1.05 bits per heavy atom. The zero-order chi connectivity index (χ0) is 14.5. The highest BCUT2D eigenvalue weighted by atomic mass is 16.5. The predicted octanol–water partition coefficient (Wildman–Crippen LogP) is 4.03. The fourth-order valence-electron chi connectivity index (χ4n) is 1.73. The van der Waals surface area contributed by atoms with Crippen LogP contribution in [0, 0.1) is 0 Å². The van der Waals surface area contributed by atoms with E-state index >= 15 is 0 Å². The molecule has 0 saturated heterocycles. The van der Waals surface area contributed by atoms with Crippen LogP contribution in [0.25, 0.3) is 0 Å². The van der Waals surface area contributed by atoms with E-state index in [1.807, 2.05) is 25.1 Å². The Labute approximate surface area is 116 Å². The van der Waals surface area contributed by atoms with Gasteiger partial charge in [0.15, 0.2) is 0 Å². The van der Waals surface area contributed by atoms with Crippen LogP contribution in [0.1, 0.15) is 45.1 Å². The summed E-state index contributed by atoms with van der Waals surface area (Å²) in [5.74, 6) is 1.87. The van der Waals surface area contributed by atoms with Crippen molar-refractivity contribution in [2.24, 2.45) is 0 Å². The van der Waals surface area contributed by atoms with Gasteiger partial charge in [-0.3, -0.25) is 0 Å². The van der Waals surface area contributed by atoms with Crippen LogP contribution in [0.15, 0.2) is 18.2 Å². The van der Waals surface area contributed by atoms with E-state index in [1.165, 1.54) is 24.8 Å². The molecule has 0 aliphatic rings. The molecule has 0 atom stereocenters. The minimum Gasteiger partial charge on any atom is -0.496 e. The molecule has 0 aromatic heterocycles. The van der Waals surface area contributed by atoms with Gasteiger partial charge in [0.05, 0.1) is 14.2 Å². The van der Waals surface area contributed by atoms with E-state index in [0.717, 1.165) is 24.2 Å². The molecule has 0 spiro atoms. The largest absolute Gasteiger partial charge is 0.496 e. The summed E-state index contributed by atoms with van der Waals surface area (Å²) in [6.07, 6.45) is 6.22. The zero-order valence-corrected chi connectivity index (χ0v) is 12.6. The van der Waals surface area contributed by atoms with Crippen LogP contribution >= 0.6 is 0 Å². The Balaban J connectivity index is 0.000000711. The fourth-order valence-corrected chi connectivity index (χ4v) is 1.73. The van der Waals surface area contributed by atoms with Crippen molar-refractivity contribution in [1.29, 1.82) is 0 Å². The van der Waals surface area contributed by atoms with Gasteiger partial charge >= 0.3 is 0 Å². The maximum absolute atomic E-state index is 9.17. The summed E-state index contributed by atoms with van der Waals surface area (Å²) >= 11 is 0. The number of carbonyl (C=O) groups is 1. The number of aldehydes is 1. The normalized spacial score (nSPS) is 9.26. The molecule has 0 saturated carbocycles. The molecule has 0 aliphatic carbocycles. The van der Waals surface area contributed by atoms with Crippen molar-refractivity contribution in [3.05, 3.63) is 23.8 Å². The van der Waals surface area contributed by atoms with Crippen LogP contribution in [0.3, 0.4) is 0 Å². The summed E-state index contributed by atoms with van der Waals surface area (Å²) in [5.41, 5.74) is 1.19. The van der Waals surface area contributed by atoms with Gasteiger partial charge in [0, 0.05) is 12.0 Å². The van der Waals surface area contributed by atoms with Crippen LogP contribution < -0.4 is 9.47 Å². The van der Waals surface area contributed by atoms with Gasteiger partial charge in [0.1, 0.15) is 17.8 Å². The monoisotopic (exact) mass is 266 g/mol. The molecule has 0 heterocycles. The first-order chi connectivity index (χ1) is 9.24. The van der Waals surface area contributed by atoms with Gasteiger partial charge in [-0.25, -0.2) is 0 Å². The number of hydrogen-bond donors (Lipinski definition) is 0. The van der Waals surface area contributed by atoms with Crippen molar-refractivity contribution in [3.63, 3.8) is 0 Å². The molecule has 0 radical (unpaired) electrons. The second-order valence-corrected chi connectivity index (χ2v) is 4.17. The summed E-state index contributed by atoms with van der Waals surface area (Å²) in [6.45, 7) is 4.02. The third-order valence-corrected chi connectivity index (χ3v) is 2.73. The molecule has 108 valence electrons. The van der Waals surface area contributed by atoms with Gasteiger partial charge in [0.25, 0.3) is 0 Å². The number of methoxy groups -OCH3 is 2. The number of unbranched alkanes of at least 4 members (excludes halogenated alkanes) is 2. The minimum atomic E-state index is 0.639. The van der Waals surface area contributed by atoms with Crippen LogP contribution in [0.5, 0.6) is 11.5 Å². The molecular weight excluding hydrogens is 240 g/mol. The molecule has 1 rings (SSSR count). The van der Waals surface area contributed by atoms with Gasteiger partial charge < -0.3 is 14.3 Å². The van der Waals surface area contributed by atoms with E-state index in [1.54, 1.807) is 14.2 Å². The van der Waals surface area contributed by atoms with Gasteiger partial charge in [0.2, 0.25) is 0 Å². The molecule has 1 aromatic carbocycles. The van der Waals surface area contributed by atoms with Crippen molar-refractivity contribution in [3.8, 4) is 11.5 Å². The van der Waals surface area contributed by atoms with Crippen LogP contribution in [0.4, 0.5) is 0 Å². The average molecular weight is 266 g/mol. The topological polar surface area (TPSA) is 35.5 Å². The lowest BCUT2D eigenvalue weighted by molar-refractivity contribution is -0.107.